The second kappa shape index (κ2) is 5.57. The number of benzene rings is 1. The fourth-order valence-electron chi connectivity index (χ4n) is 2.33. The molecule has 19 heavy (non-hydrogen) atoms. The number of nitrogens with two attached hydrogens (primary N) is 1. The van der Waals surface area contributed by atoms with Gasteiger partial charge in [-0.15, -0.1) is 0 Å². The van der Waals surface area contributed by atoms with Crippen molar-refractivity contribution in [3.63, 3.8) is 0 Å². The largest absolute Gasteiger partial charge is 0.393 e. The van der Waals surface area contributed by atoms with Gasteiger partial charge in [0.2, 0.25) is 0 Å². The van der Waals surface area contributed by atoms with Gasteiger partial charge in [0.25, 0.3) is 5.69 Å². The molecule has 5 heteroatoms. The monoisotopic (exact) mass is 263 g/mol. The Morgan fingerprint density at radius 3 is 2.68 bits per heavy atom. The van der Waals surface area contributed by atoms with Crippen LogP contribution in [0.1, 0.15) is 32.3 Å². The summed E-state index contributed by atoms with van der Waals surface area (Å²) < 4.78 is 0. The normalized spacial score (nSPS) is 15.2. The Morgan fingerprint density at radius 1 is 1.47 bits per heavy atom. The van der Waals surface area contributed by atoms with Crippen molar-refractivity contribution in [3.05, 3.63) is 33.9 Å². The molecule has 2 N–H and O–H groups in total. The number of hydrogen-bond acceptors (Lipinski definition) is 4. The maximum Gasteiger partial charge on any atom is 0.292 e. The first-order chi connectivity index (χ1) is 8.97. The van der Waals surface area contributed by atoms with Gasteiger partial charge in [-0.1, -0.05) is 19.9 Å². The average molecular weight is 263 g/mol. The van der Waals surface area contributed by atoms with Gasteiger partial charge in [0.1, 0.15) is 5.69 Å². The summed E-state index contributed by atoms with van der Waals surface area (Å²) in [5.74, 6) is 0.601. The van der Waals surface area contributed by atoms with Crippen LogP contribution in [0.2, 0.25) is 0 Å². The summed E-state index contributed by atoms with van der Waals surface area (Å²) >= 11 is 0. The van der Waals surface area contributed by atoms with E-state index in [1.165, 1.54) is 12.8 Å². The molecule has 2 rings (SSSR count). The van der Waals surface area contributed by atoms with Crippen molar-refractivity contribution in [3.8, 4) is 0 Å². The summed E-state index contributed by atoms with van der Waals surface area (Å²) in [6, 6.07) is 5.77. The summed E-state index contributed by atoms with van der Waals surface area (Å²) in [5.41, 5.74) is 6.83. The molecule has 0 heterocycles. The smallest absolute Gasteiger partial charge is 0.292 e. The second-order valence-electron chi connectivity index (χ2n) is 5.70. The summed E-state index contributed by atoms with van der Waals surface area (Å²) in [7, 11) is 0. The van der Waals surface area contributed by atoms with Gasteiger partial charge < -0.3 is 5.73 Å². The molecule has 1 saturated carbocycles. The summed E-state index contributed by atoms with van der Waals surface area (Å²) in [6.45, 7) is 6.19. The molecule has 0 aromatic heterocycles. The number of hydrogen-bond donors (Lipinski definition) is 1. The lowest BCUT2D eigenvalue weighted by atomic mass is 10.1. The van der Waals surface area contributed by atoms with E-state index in [1.54, 1.807) is 12.1 Å². The van der Waals surface area contributed by atoms with Gasteiger partial charge in [0, 0.05) is 25.2 Å². The molecule has 0 spiro atoms. The van der Waals surface area contributed by atoms with Crippen molar-refractivity contribution in [2.75, 3.05) is 12.3 Å². The predicted molar refractivity (Wildman–Crippen MR) is 75.8 cm³/mol. The minimum atomic E-state index is -0.414. The zero-order valence-corrected chi connectivity index (χ0v) is 11.5. The Labute approximate surface area is 113 Å². The maximum absolute atomic E-state index is 10.9. The lowest BCUT2D eigenvalue weighted by molar-refractivity contribution is -0.384. The predicted octanol–water partition coefficient (Wildman–Crippen LogP) is 2.80. The van der Waals surface area contributed by atoms with Crippen molar-refractivity contribution >= 4 is 11.4 Å². The van der Waals surface area contributed by atoms with E-state index in [0.717, 1.165) is 18.7 Å². The third-order valence-electron chi connectivity index (χ3n) is 3.34. The van der Waals surface area contributed by atoms with Crippen LogP contribution in [0.4, 0.5) is 11.4 Å². The Hall–Kier alpha value is -1.62. The Morgan fingerprint density at radius 2 is 2.16 bits per heavy atom. The van der Waals surface area contributed by atoms with Crippen molar-refractivity contribution in [1.82, 2.24) is 4.90 Å². The van der Waals surface area contributed by atoms with Crippen LogP contribution >= 0.6 is 0 Å². The van der Waals surface area contributed by atoms with Crippen LogP contribution in [0.5, 0.6) is 0 Å². The van der Waals surface area contributed by atoms with E-state index in [0.29, 0.717) is 12.0 Å². The molecular weight excluding hydrogens is 242 g/mol. The number of nitro groups is 1. The fourth-order valence-corrected chi connectivity index (χ4v) is 2.33. The van der Waals surface area contributed by atoms with Gasteiger partial charge in [-0.05, 0) is 30.4 Å². The average Bonchev–Trinajstić information content (AvgIpc) is 3.13. The van der Waals surface area contributed by atoms with Gasteiger partial charge in [-0.25, -0.2) is 0 Å². The lowest BCUT2D eigenvalue weighted by Crippen LogP contribution is -2.29. The summed E-state index contributed by atoms with van der Waals surface area (Å²) in [4.78, 5) is 12.9. The zero-order chi connectivity index (χ0) is 14.0. The van der Waals surface area contributed by atoms with Crippen LogP contribution in [0, 0.1) is 16.0 Å². The number of nitrogens with zero attached hydrogens (tertiary/aromatic N) is 2. The van der Waals surface area contributed by atoms with Crippen LogP contribution in [0.15, 0.2) is 18.2 Å². The van der Waals surface area contributed by atoms with Crippen molar-refractivity contribution in [1.29, 1.82) is 0 Å². The van der Waals surface area contributed by atoms with E-state index in [9.17, 15) is 10.1 Å². The summed E-state index contributed by atoms with van der Waals surface area (Å²) in [6.07, 6.45) is 2.48. The highest BCUT2D eigenvalue weighted by molar-refractivity contribution is 5.59. The lowest BCUT2D eigenvalue weighted by Gasteiger charge is -2.24. The Kier molecular flexibility index (Phi) is 4.04. The molecule has 1 aromatic rings. The third-order valence-corrected chi connectivity index (χ3v) is 3.34. The van der Waals surface area contributed by atoms with Crippen LogP contribution in [-0.4, -0.2) is 22.4 Å². The highest BCUT2D eigenvalue weighted by Crippen LogP contribution is 2.30. The number of anilines is 1. The standard InChI is InChI=1S/C14H21N3O2/c1-10(2)8-16(12-4-5-12)9-11-3-6-13(15)14(7-11)17(18)19/h3,6-7,10,12H,4-5,8-9,15H2,1-2H3. The topological polar surface area (TPSA) is 72.4 Å². The molecule has 0 bridgehead atoms. The number of rotatable bonds is 6. The molecule has 0 saturated heterocycles. The minimum absolute atomic E-state index is 0.0118. The first-order valence-electron chi connectivity index (χ1n) is 6.74. The molecule has 1 aromatic carbocycles. The Balaban J connectivity index is 2.12. The van der Waals surface area contributed by atoms with Gasteiger partial charge >= 0.3 is 0 Å². The minimum Gasteiger partial charge on any atom is -0.393 e. The number of nitro benzene ring substituents is 1. The highest BCUT2D eigenvalue weighted by atomic mass is 16.6. The van der Waals surface area contributed by atoms with E-state index >= 15 is 0 Å². The van der Waals surface area contributed by atoms with Gasteiger partial charge in [-0.2, -0.15) is 0 Å². The number of nitrogen functional groups attached to an aromatic ring is 1. The van der Waals surface area contributed by atoms with Crippen LogP contribution < -0.4 is 5.73 Å². The molecule has 5 nitrogen and oxygen atoms in total. The molecule has 1 aliphatic rings. The first kappa shape index (κ1) is 13.8. The van der Waals surface area contributed by atoms with Crippen LogP contribution in [0.25, 0.3) is 0 Å². The van der Waals surface area contributed by atoms with Crippen molar-refractivity contribution in [2.24, 2.45) is 5.92 Å². The van der Waals surface area contributed by atoms with Crippen LogP contribution in [0.3, 0.4) is 0 Å². The molecule has 1 fully saturated rings. The van der Waals surface area contributed by atoms with Crippen molar-refractivity contribution < 1.29 is 4.92 Å². The molecule has 0 unspecified atom stereocenters. The Bertz CT molecular complexity index is 470. The molecular formula is C14H21N3O2. The van der Waals surface area contributed by atoms with Crippen molar-refractivity contribution in [2.45, 2.75) is 39.3 Å². The van der Waals surface area contributed by atoms with E-state index in [4.69, 9.17) is 5.73 Å². The second-order valence-corrected chi connectivity index (χ2v) is 5.70. The molecule has 0 radical (unpaired) electrons. The van der Waals surface area contributed by atoms with Gasteiger partial charge in [0.05, 0.1) is 4.92 Å². The fraction of sp³-hybridized carbons (Fsp3) is 0.571. The molecule has 104 valence electrons. The maximum atomic E-state index is 10.9. The molecule has 1 aliphatic carbocycles. The summed E-state index contributed by atoms with van der Waals surface area (Å²) in [5, 5.41) is 10.9. The molecule has 0 amide bonds. The third kappa shape index (κ3) is 3.67. The van der Waals surface area contributed by atoms with E-state index in [-0.39, 0.29) is 11.4 Å². The SMILES string of the molecule is CC(C)CN(Cc1ccc(N)c([N+](=O)[O-])c1)C1CC1. The van der Waals surface area contributed by atoms with Gasteiger partial charge in [-0.3, -0.25) is 15.0 Å². The van der Waals surface area contributed by atoms with Gasteiger partial charge in [0.15, 0.2) is 0 Å². The quantitative estimate of drug-likeness (QED) is 0.486. The van der Waals surface area contributed by atoms with E-state index < -0.39 is 4.92 Å². The van der Waals surface area contributed by atoms with E-state index in [2.05, 4.69) is 18.7 Å². The van der Waals surface area contributed by atoms with Crippen LogP contribution in [-0.2, 0) is 6.54 Å². The molecule has 0 atom stereocenters. The molecule has 0 aliphatic heterocycles. The highest BCUT2D eigenvalue weighted by Gasteiger charge is 2.29. The first-order valence-corrected chi connectivity index (χ1v) is 6.74. The zero-order valence-electron chi connectivity index (χ0n) is 11.5. The van der Waals surface area contributed by atoms with E-state index in [1.807, 2.05) is 6.07 Å².